The van der Waals surface area contributed by atoms with Gasteiger partial charge in [0.25, 0.3) is 5.91 Å². The maximum absolute atomic E-state index is 12.8. The normalized spacial score (nSPS) is 11.7. The molecular formula is C24H29N3O4S. The Labute approximate surface area is 189 Å². The molecule has 0 aliphatic rings. The van der Waals surface area contributed by atoms with Gasteiger partial charge in [-0.15, -0.1) is 0 Å². The van der Waals surface area contributed by atoms with Gasteiger partial charge in [0, 0.05) is 24.2 Å². The highest BCUT2D eigenvalue weighted by atomic mass is 32.2. The summed E-state index contributed by atoms with van der Waals surface area (Å²) in [5.74, 6) is 0.399. The zero-order valence-electron chi connectivity index (χ0n) is 18.9. The monoisotopic (exact) mass is 455 g/mol. The lowest BCUT2D eigenvalue weighted by Crippen LogP contribution is -2.31. The van der Waals surface area contributed by atoms with Crippen molar-refractivity contribution in [3.63, 3.8) is 0 Å². The van der Waals surface area contributed by atoms with Gasteiger partial charge in [0.1, 0.15) is 11.5 Å². The zero-order valence-corrected chi connectivity index (χ0v) is 19.7. The largest absolute Gasteiger partial charge is 0.441 e. The van der Waals surface area contributed by atoms with Gasteiger partial charge in [-0.3, -0.25) is 4.79 Å². The second-order valence-electron chi connectivity index (χ2n) is 7.92. The summed E-state index contributed by atoms with van der Waals surface area (Å²) in [5, 5.41) is 2.86. The summed E-state index contributed by atoms with van der Waals surface area (Å²) >= 11 is 0. The number of amides is 1. The second kappa shape index (κ2) is 10.1. The molecule has 8 heteroatoms. The number of aromatic nitrogens is 1. The first-order valence-corrected chi connectivity index (χ1v) is 12.2. The minimum absolute atomic E-state index is 0.150. The van der Waals surface area contributed by atoms with Gasteiger partial charge in [0.05, 0.1) is 10.6 Å². The van der Waals surface area contributed by atoms with Crippen LogP contribution < -0.4 is 5.32 Å². The Morgan fingerprint density at radius 1 is 1.06 bits per heavy atom. The Hall–Kier alpha value is -2.97. The van der Waals surface area contributed by atoms with E-state index in [4.69, 9.17) is 4.42 Å². The maximum atomic E-state index is 12.8. The van der Waals surface area contributed by atoms with Crippen LogP contribution in [0.5, 0.6) is 0 Å². The predicted molar refractivity (Wildman–Crippen MR) is 124 cm³/mol. The third-order valence-corrected chi connectivity index (χ3v) is 6.79. The number of nitrogens with one attached hydrogen (secondary N) is 1. The number of likely N-dealkylation sites (N-methyl/N-ethyl adjacent to an activating group) is 1. The molecule has 0 bridgehead atoms. The van der Waals surface area contributed by atoms with Crippen LogP contribution in [0, 0.1) is 6.92 Å². The highest BCUT2D eigenvalue weighted by Crippen LogP contribution is 2.25. The van der Waals surface area contributed by atoms with E-state index in [9.17, 15) is 13.2 Å². The van der Waals surface area contributed by atoms with Gasteiger partial charge in [-0.25, -0.2) is 13.4 Å². The summed E-state index contributed by atoms with van der Waals surface area (Å²) < 4.78 is 31.4. The van der Waals surface area contributed by atoms with Crippen LogP contribution in [0.2, 0.25) is 0 Å². The number of oxazole rings is 1. The Bertz CT molecular complexity index is 1160. The van der Waals surface area contributed by atoms with E-state index in [-0.39, 0.29) is 16.6 Å². The van der Waals surface area contributed by atoms with E-state index in [0.29, 0.717) is 35.0 Å². The van der Waals surface area contributed by atoms with Crippen LogP contribution in [-0.4, -0.2) is 51.4 Å². The predicted octanol–water partition coefficient (Wildman–Crippen LogP) is 3.48. The third kappa shape index (κ3) is 5.83. The fourth-order valence-electron chi connectivity index (χ4n) is 3.14. The molecule has 0 spiro atoms. The minimum Gasteiger partial charge on any atom is -0.441 e. The van der Waals surface area contributed by atoms with Crippen LogP contribution in [0.4, 0.5) is 0 Å². The number of hydrogen-bond donors (Lipinski definition) is 1. The molecular weight excluding hydrogens is 426 g/mol. The molecule has 2 aromatic carbocycles. The van der Waals surface area contributed by atoms with E-state index in [0.717, 1.165) is 18.5 Å². The molecule has 7 nitrogen and oxygen atoms in total. The summed E-state index contributed by atoms with van der Waals surface area (Å²) in [4.78, 5) is 18.9. The van der Waals surface area contributed by atoms with Crippen LogP contribution in [0.1, 0.15) is 34.3 Å². The molecule has 3 rings (SSSR count). The van der Waals surface area contributed by atoms with E-state index in [2.05, 4.69) is 10.3 Å². The summed E-state index contributed by atoms with van der Waals surface area (Å²) in [7, 11) is 0.349. The molecule has 0 saturated carbocycles. The van der Waals surface area contributed by atoms with Gasteiger partial charge in [-0.05, 0) is 69.4 Å². The minimum atomic E-state index is -3.54. The number of aryl methyl sites for hydroxylation is 2. The molecule has 0 radical (unpaired) electrons. The van der Waals surface area contributed by atoms with Crippen LogP contribution >= 0.6 is 0 Å². The van der Waals surface area contributed by atoms with Crippen molar-refractivity contribution in [1.29, 1.82) is 0 Å². The smallest absolute Gasteiger partial charge is 0.251 e. The van der Waals surface area contributed by atoms with Crippen molar-refractivity contribution >= 4 is 15.7 Å². The van der Waals surface area contributed by atoms with Crippen LogP contribution in [0.15, 0.2) is 57.8 Å². The van der Waals surface area contributed by atoms with Crippen molar-refractivity contribution in [2.24, 2.45) is 0 Å². The molecule has 0 aliphatic heterocycles. The maximum Gasteiger partial charge on any atom is 0.251 e. The molecule has 1 amide bonds. The molecule has 32 heavy (non-hydrogen) atoms. The van der Waals surface area contributed by atoms with Crippen LogP contribution in [0.3, 0.4) is 0 Å². The van der Waals surface area contributed by atoms with E-state index < -0.39 is 9.84 Å². The SMILES string of the molecule is CCc1ccc(S(=O)(=O)Cc2nc(-c3ccc(C(=O)NCCN(C)C)cc3)oc2C)cc1. The summed E-state index contributed by atoms with van der Waals surface area (Å²) in [5.41, 5.74) is 2.67. The molecule has 1 heterocycles. The summed E-state index contributed by atoms with van der Waals surface area (Å²) in [6.45, 7) is 5.04. The fraction of sp³-hybridized carbons (Fsp3) is 0.333. The van der Waals surface area contributed by atoms with Crippen molar-refractivity contribution in [2.45, 2.75) is 30.9 Å². The molecule has 0 aliphatic carbocycles. The Morgan fingerprint density at radius 2 is 1.72 bits per heavy atom. The summed E-state index contributed by atoms with van der Waals surface area (Å²) in [6, 6.07) is 13.8. The number of rotatable bonds is 9. The lowest BCUT2D eigenvalue weighted by molar-refractivity contribution is 0.0951. The van der Waals surface area contributed by atoms with Crippen molar-refractivity contribution in [3.05, 3.63) is 71.1 Å². The van der Waals surface area contributed by atoms with Crippen molar-refractivity contribution in [2.75, 3.05) is 27.2 Å². The van der Waals surface area contributed by atoms with Gasteiger partial charge in [-0.2, -0.15) is 0 Å². The third-order valence-electron chi connectivity index (χ3n) is 5.15. The first-order chi connectivity index (χ1) is 15.2. The van der Waals surface area contributed by atoms with Gasteiger partial charge < -0.3 is 14.6 Å². The molecule has 1 N–H and O–H groups in total. The molecule has 1 aromatic heterocycles. The van der Waals surface area contributed by atoms with E-state index >= 15 is 0 Å². The van der Waals surface area contributed by atoms with E-state index in [1.54, 1.807) is 43.3 Å². The average molecular weight is 456 g/mol. The Balaban J connectivity index is 1.72. The van der Waals surface area contributed by atoms with Crippen LogP contribution in [-0.2, 0) is 22.0 Å². The van der Waals surface area contributed by atoms with Crippen LogP contribution in [0.25, 0.3) is 11.5 Å². The number of hydrogen-bond acceptors (Lipinski definition) is 6. The number of nitrogens with zero attached hydrogens (tertiary/aromatic N) is 2. The van der Waals surface area contributed by atoms with Crippen molar-refractivity contribution in [3.8, 4) is 11.5 Å². The fourth-order valence-corrected chi connectivity index (χ4v) is 4.49. The highest BCUT2D eigenvalue weighted by molar-refractivity contribution is 7.90. The standard InChI is InChI=1S/C24H29N3O4S/c1-5-18-6-12-21(13-7-18)32(29,30)16-22-17(2)31-24(26-22)20-10-8-19(9-11-20)23(28)25-14-15-27(3)4/h6-13H,5,14-16H2,1-4H3,(H,25,28). The van der Waals surface area contributed by atoms with Gasteiger partial charge >= 0.3 is 0 Å². The zero-order chi connectivity index (χ0) is 23.3. The average Bonchev–Trinajstić information content (AvgIpc) is 3.13. The van der Waals surface area contributed by atoms with Gasteiger partial charge in [0.15, 0.2) is 9.84 Å². The first-order valence-electron chi connectivity index (χ1n) is 10.5. The lowest BCUT2D eigenvalue weighted by atomic mass is 10.1. The van der Waals surface area contributed by atoms with Gasteiger partial charge in [-0.1, -0.05) is 19.1 Å². The number of sulfone groups is 1. The lowest BCUT2D eigenvalue weighted by Gasteiger charge is -2.10. The van der Waals surface area contributed by atoms with Crippen molar-refractivity contribution < 1.29 is 17.6 Å². The molecule has 0 atom stereocenters. The molecule has 170 valence electrons. The molecule has 0 unspecified atom stereocenters. The first kappa shape index (κ1) is 23.7. The molecule has 3 aromatic rings. The Kier molecular flexibility index (Phi) is 7.48. The van der Waals surface area contributed by atoms with Gasteiger partial charge in [0.2, 0.25) is 5.89 Å². The Morgan fingerprint density at radius 3 is 2.31 bits per heavy atom. The summed E-state index contributed by atoms with van der Waals surface area (Å²) in [6.07, 6.45) is 0.850. The quantitative estimate of drug-likeness (QED) is 0.531. The second-order valence-corrected chi connectivity index (χ2v) is 9.90. The highest BCUT2D eigenvalue weighted by Gasteiger charge is 2.21. The molecule has 0 saturated heterocycles. The number of benzene rings is 2. The molecule has 0 fully saturated rings. The van der Waals surface area contributed by atoms with E-state index in [1.165, 1.54) is 0 Å². The van der Waals surface area contributed by atoms with Crippen molar-refractivity contribution in [1.82, 2.24) is 15.2 Å². The topological polar surface area (TPSA) is 92.5 Å². The number of carbonyl (C=O) groups is 1. The number of carbonyl (C=O) groups excluding carboxylic acids is 1. The van der Waals surface area contributed by atoms with E-state index in [1.807, 2.05) is 38.1 Å².